The molecule has 0 aromatic carbocycles. The number of quaternary nitrogens is 1. The largest absolute Gasteiger partial charge is 0.550 e. The van der Waals surface area contributed by atoms with Gasteiger partial charge >= 0.3 is 5.97 Å². The summed E-state index contributed by atoms with van der Waals surface area (Å²) in [5.41, 5.74) is 0. The fraction of sp³-hybridized carbons (Fsp3) is 0.655. The number of rotatable bonds is 21. The van der Waals surface area contributed by atoms with Gasteiger partial charge in [-0.3, -0.25) is 0 Å². The number of allylic oxidation sites excluding steroid dienone is 7. The van der Waals surface area contributed by atoms with Crippen molar-refractivity contribution in [3.05, 3.63) is 48.6 Å². The molecular weight excluding hydrogens is 426 g/mol. The number of esters is 1. The third kappa shape index (κ3) is 24.5. The molecule has 0 aromatic heterocycles. The first kappa shape index (κ1) is 31.9. The van der Waals surface area contributed by atoms with Crippen LogP contribution in [0, 0.1) is 0 Å². The average molecular weight is 476 g/mol. The van der Waals surface area contributed by atoms with Crippen LogP contribution in [0.4, 0.5) is 0 Å². The first-order valence-electron chi connectivity index (χ1n) is 13.1. The Morgan fingerprint density at radius 2 is 1.26 bits per heavy atom. The molecule has 0 saturated carbocycles. The smallest absolute Gasteiger partial charge is 0.331 e. The van der Waals surface area contributed by atoms with Crippen molar-refractivity contribution in [2.75, 3.05) is 27.7 Å². The van der Waals surface area contributed by atoms with E-state index >= 15 is 0 Å². The molecule has 0 fully saturated rings. The quantitative estimate of drug-likeness (QED) is 0.0705. The minimum atomic E-state index is -1.23. The topological polar surface area (TPSA) is 66.4 Å². The third-order valence-electron chi connectivity index (χ3n) is 5.33. The maximum Gasteiger partial charge on any atom is 0.331 e. The summed E-state index contributed by atoms with van der Waals surface area (Å²) in [6, 6.07) is 0. The van der Waals surface area contributed by atoms with E-state index in [0.717, 1.165) is 6.42 Å². The summed E-state index contributed by atoms with van der Waals surface area (Å²) in [6.07, 6.45) is 29.7. The number of carboxylic acids is 1. The van der Waals surface area contributed by atoms with Crippen LogP contribution < -0.4 is 5.11 Å². The van der Waals surface area contributed by atoms with Crippen LogP contribution in [0.25, 0.3) is 0 Å². The standard InChI is InChI=1S/C29H49NO4/c1-5-6-7-8-9-10-11-12-13-14-15-16-17-18-19-20-21-22-23-24-29(33)34-27(25-28(31)32)26-30(2,3)4/h17-24,27H,5-16,25-26H2,1-4H3. The molecular formula is C29H49NO4. The fourth-order valence-electron chi connectivity index (χ4n) is 3.64. The first-order valence-corrected chi connectivity index (χ1v) is 13.1. The minimum Gasteiger partial charge on any atom is -0.550 e. The zero-order valence-corrected chi connectivity index (χ0v) is 22.2. The predicted octanol–water partition coefficient (Wildman–Crippen LogP) is 5.67. The summed E-state index contributed by atoms with van der Waals surface area (Å²) in [7, 11) is 5.73. The van der Waals surface area contributed by atoms with Crippen molar-refractivity contribution in [1.82, 2.24) is 0 Å². The van der Waals surface area contributed by atoms with E-state index < -0.39 is 18.0 Å². The Morgan fingerprint density at radius 3 is 1.79 bits per heavy atom. The lowest BCUT2D eigenvalue weighted by atomic mass is 10.1. The van der Waals surface area contributed by atoms with E-state index in [1.807, 2.05) is 45.4 Å². The summed E-state index contributed by atoms with van der Waals surface area (Å²) < 4.78 is 5.74. The van der Waals surface area contributed by atoms with Crippen LogP contribution >= 0.6 is 0 Å². The molecule has 0 aromatic rings. The van der Waals surface area contributed by atoms with Crippen molar-refractivity contribution >= 4 is 11.9 Å². The predicted molar refractivity (Wildman–Crippen MR) is 140 cm³/mol. The number of hydrogen-bond acceptors (Lipinski definition) is 4. The van der Waals surface area contributed by atoms with Gasteiger partial charge in [0, 0.05) is 18.5 Å². The number of unbranched alkanes of at least 4 members (excludes halogenated alkanes) is 11. The lowest BCUT2D eigenvalue weighted by molar-refractivity contribution is -0.873. The molecule has 0 aliphatic heterocycles. The van der Waals surface area contributed by atoms with Crippen molar-refractivity contribution < 1.29 is 23.9 Å². The van der Waals surface area contributed by atoms with Crippen molar-refractivity contribution in [1.29, 1.82) is 0 Å². The highest BCUT2D eigenvalue weighted by atomic mass is 16.5. The van der Waals surface area contributed by atoms with Gasteiger partial charge < -0.3 is 19.1 Å². The maximum absolute atomic E-state index is 11.9. The van der Waals surface area contributed by atoms with Crippen LogP contribution in [0.2, 0.25) is 0 Å². The van der Waals surface area contributed by atoms with Crippen molar-refractivity contribution in [2.45, 2.75) is 96.5 Å². The van der Waals surface area contributed by atoms with E-state index in [0.29, 0.717) is 11.0 Å². The number of aliphatic carboxylic acids is 1. The highest BCUT2D eigenvalue weighted by Gasteiger charge is 2.21. The van der Waals surface area contributed by atoms with Gasteiger partial charge in [0.05, 0.1) is 21.1 Å². The molecule has 1 atom stereocenters. The van der Waals surface area contributed by atoms with Crippen molar-refractivity contribution in [3.63, 3.8) is 0 Å². The molecule has 0 aliphatic rings. The number of carbonyl (C=O) groups is 2. The van der Waals surface area contributed by atoms with Crippen LogP contribution in [-0.2, 0) is 14.3 Å². The highest BCUT2D eigenvalue weighted by Crippen LogP contribution is 2.12. The molecule has 0 aliphatic carbocycles. The molecule has 5 heteroatoms. The Kier molecular flexibility index (Phi) is 20.1. The molecule has 0 bridgehead atoms. The molecule has 1 unspecified atom stereocenters. The molecule has 0 spiro atoms. The number of carbonyl (C=O) groups excluding carboxylic acids is 2. The van der Waals surface area contributed by atoms with Gasteiger partial charge in [0.1, 0.15) is 6.54 Å². The van der Waals surface area contributed by atoms with E-state index in [2.05, 4.69) is 13.0 Å². The summed E-state index contributed by atoms with van der Waals surface area (Å²) in [5, 5.41) is 10.9. The molecule has 194 valence electrons. The molecule has 0 amide bonds. The van der Waals surface area contributed by atoms with Gasteiger partial charge in [-0.2, -0.15) is 0 Å². The monoisotopic (exact) mass is 475 g/mol. The maximum atomic E-state index is 11.9. The average Bonchev–Trinajstić information content (AvgIpc) is 2.73. The van der Waals surface area contributed by atoms with E-state index in [1.54, 1.807) is 12.2 Å². The fourth-order valence-corrected chi connectivity index (χ4v) is 3.64. The summed E-state index contributed by atoms with van der Waals surface area (Å²) in [6.45, 7) is 2.66. The summed E-state index contributed by atoms with van der Waals surface area (Å²) in [5.74, 6) is -1.78. The summed E-state index contributed by atoms with van der Waals surface area (Å²) >= 11 is 0. The zero-order chi connectivity index (χ0) is 25.5. The SMILES string of the molecule is CCCCCCCCCCCCCC=CC=CC=CC=CC(=O)OC(CC(=O)[O-])C[N+](C)(C)C. The lowest BCUT2D eigenvalue weighted by Gasteiger charge is -2.28. The van der Waals surface area contributed by atoms with Crippen molar-refractivity contribution in [3.8, 4) is 0 Å². The third-order valence-corrected chi connectivity index (χ3v) is 5.33. The number of carboxylic acid groups (broad SMARTS) is 1. The van der Waals surface area contributed by atoms with Gasteiger partial charge in [-0.25, -0.2) is 4.79 Å². The Bertz CT molecular complexity index is 641. The second-order valence-electron chi connectivity index (χ2n) is 9.99. The molecule has 0 heterocycles. The minimum absolute atomic E-state index is 0.306. The van der Waals surface area contributed by atoms with Gasteiger partial charge in [-0.15, -0.1) is 0 Å². The van der Waals surface area contributed by atoms with E-state index in [1.165, 1.54) is 76.7 Å². The summed E-state index contributed by atoms with van der Waals surface area (Å²) in [4.78, 5) is 22.8. The number of likely N-dealkylation sites (N-methyl/N-ethyl adjacent to an activating group) is 1. The Balaban J connectivity index is 3.87. The Labute approximate surface area is 208 Å². The first-order chi connectivity index (χ1) is 16.2. The number of hydrogen-bond donors (Lipinski definition) is 0. The van der Waals surface area contributed by atoms with E-state index in [4.69, 9.17) is 4.74 Å². The molecule has 0 rings (SSSR count). The van der Waals surface area contributed by atoms with Crippen LogP contribution in [0.3, 0.4) is 0 Å². The van der Waals surface area contributed by atoms with Gasteiger partial charge in [-0.05, 0) is 12.8 Å². The second kappa shape index (κ2) is 21.4. The normalized spacial score (nSPS) is 13.5. The molecule has 0 saturated heterocycles. The van der Waals surface area contributed by atoms with Crippen LogP contribution in [0.15, 0.2) is 48.6 Å². The highest BCUT2D eigenvalue weighted by molar-refractivity contribution is 5.82. The number of nitrogens with zero attached hydrogens (tertiary/aromatic N) is 1. The van der Waals surface area contributed by atoms with Gasteiger partial charge in [0.25, 0.3) is 0 Å². The van der Waals surface area contributed by atoms with Crippen LogP contribution in [-0.4, -0.2) is 50.2 Å². The molecule has 5 nitrogen and oxygen atoms in total. The second-order valence-corrected chi connectivity index (χ2v) is 9.99. The number of ether oxygens (including phenoxy) is 1. The lowest BCUT2D eigenvalue weighted by Crippen LogP contribution is -2.45. The van der Waals surface area contributed by atoms with Gasteiger partial charge in [0.2, 0.25) is 0 Å². The van der Waals surface area contributed by atoms with Crippen LogP contribution in [0.5, 0.6) is 0 Å². The molecule has 34 heavy (non-hydrogen) atoms. The molecule has 0 radical (unpaired) electrons. The van der Waals surface area contributed by atoms with E-state index in [9.17, 15) is 14.7 Å². The van der Waals surface area contributed by atoms with Crippen molar-refractivity contribution in [2.24, 2.45) is 0 Å². The Hall–Kier alpha value is -2.14. The Morgan fingerprint density at radius 1 is 0.765 bits per heavy atom. The zero-order valence-electron chi connectivity index (χ0n) is 22.2. The van der Waals surface area contributed by atoms with Gasteiger partial charge in [-0.1, -0.05) is 114 Å². The van der Waals surface area contributed by atoms with Crippen LogP contribution in [0.1, 0.15) is 90.4 Å². The van der Waals surface area contributed by atoms with Gasteiger partial charge in [0.15, 0.2) is 6.10 Å². The molecule has 0 N–H and O–H groups in total. The van der Waals surface area contributed by atoms with E-state index in [-0.39, 0.29) is 6.42 Å².